The van der Waals surface area contributed by atoms with Crippen LogP contribution < -0.4 is 11.1 Å². The third-order valence-electron chi connectivity index (χ3n) is 6.27. The van der Waals surface area contributed by atoms with E-state index in [1.54, 1.807) is 6.07 Å². The number of primary amides is 1. The van der Waals surface area contributed by atoms with Gasteiger partial charge in [-0.3, -0.25) is 9.69 Å². The van der Waals surface area contributed by atoms with Gasteiger partial charge in [-0.1, -0.05) is 25.0 Å². The van der Waals surface area contributed by atoms with Crippen LogP contribution in [0.15, 0.2) is 24.3 Å². The third-order valence-corrected chi connectivity index (χ3v) is 6.27. The van der Waals surface area contributed by atoms with E-state index in [0.29, 0.717) is 17.5 Å². The van der Waals surface area contributed by atoms with Crippen LogP contribution in [0.5, 0.6) is 0 Å². The molecule has 0 radical (unpaired) electrons. The molecule has 2 saturated heterocycles. The van der Waals surface area contributed by atoms with Crippen LogP contribution in [0, 0.1) is 5.92 Å². The number of carbonyl (C=O) groups is 2. The topological polar surface area (TPSA) is 78.7 Å². The highest BCUT2D eigenvalue weighted by molar-refractivity contribution is 5.92. The number of benzene rings is 1. The Morgan fingerprint density at radius 2 is 1.86 bits per heavy atom. The van der Waals surface area contributed by atoms with Gasteiger partial charge < -0.3 is 16.0 Å². The van der Waals surface area contributed by atoms with Crippen LogP contribution in [0.4, 0.5) is 4.79 Å². The summed E-state index contributed by atoms with van der Waals surface area (Å²) in [5.41, 5.74) is 7.11. The summed E-state index contributed by atoms with van der Waals surface area (Å²) in [7, 11) is 0. The SMILES string of the molecule is CC(C)NC(=O)N1CCCCCC1C1CCN(Cc2cccc(C(N)=O)c2)CC1. The molecule has 3 N–H and O–H groups in total. The molecule has 0 saturated carbocycles. The van der Waals surface area contributed by atoms with Gasteiger partial charge in [0, 0.05) is 30.7 Å². The Kier molecular flexibility index (Phi) is 7.53. The first-order valence-corrected chi connectivity index (χ1v) is 11.1. The standard InChI is InChI=1S/C23H36N4O2/c1-17(2)25-23(29)27-12-5-3-4-9-21(27)19-10-13-26(14-11-19)16-18-7-6-8-20(15-18)22(24)28/h6-8,15,17,19,21H,3-5,9-14,16H2,1-2H3,(H2,24,28)(H,25,29). The maximum Gasteiger partial charge on any atom is 0.317 e. The van der Waals surface area contributed by atoms with Gasteiger partial charge in [0.15, 0.2) is 0 Å². The van der Waals surface area contributed by atoms with Gasteiger partial charge in [0.05, 0.1) is 0 Å². The molecule has 6 nitrogen and oxygen atoms in total. The van der Waals surface area contributed by atoms with Gasteiger partial charge in [-0.15, -0.1) is 0 Å². The number of nitrogens with zero attached hydrogens (tertiary/aromatic N) is 2. The van der Waals surface area contributed by atoms with E-state index in [0.717, 1.165) is 57.4 Å². The highest BCUT2D eigenvalue weighted by Crippen LogP contribution is 2.30. The first-order valence-electron chi connectivity index (χ1n) is 11.1. The second-order valence-electron chi connectivity index (χ2n) is 8.89. The fraction of sp³-hybridized carbons (Fsp3) is 0.652. The summed E-state index contributed by atoms with van der Waals surface area (Å²) in [5, 5.41) is 3.10. The molecule has 0 bridgehead atoms. The lowest BCUT2D eigenvalue weighted by Crippen LogP contribution is -2.52. The van der Waals surface area contributed by atoms with Crippen LogP contribution >= 0.6 is 0 Å². The Hall–Kier alpha value is -2.08. The van der Waals surface area contributed by atoms with Gasteiger partial charge in [-0.05, 0) is 76.2 Å². The van der Waals surface area contributed by atoms with E-state index in [-0.39, 0.29) is 18.0 Å². The Bertz CT molecular complexity index is 698. The molecule has 1 atom stereocenters. The predicted octanol–water partition coefficient (Wildman–Crippen LogP) is 3.36. The maximum atomic E-state index is 12.8. The zero-order valence-corrected chi connectivity index (χ0v) is 17.9. The lowest BCUT2D eigenvalue weighted by Gasteiger charge is -2.41. The number of carbonyl (C=O) groups excluding carboxylic acids is 2. The number of rotatable bonds is 5. The molecule has 0 spiro atoms. The van der Waals surface area contributed by atoms with E-state index in [1.165, 1.54) is 12.8 Å². The molecule has 0 aliphatic carbocycles. The van der Waals surface area contributed by atoms with Crippen molar-refractivity contribution in [2.24, 2.45) is 11.7 Å². The normalized spacial score (nSPS) is 21.8. The molecule has 2 fully saturated rings. The number of likely N-dealkylation sites (tertiary alicyclic amines) is 2. The summed E-state index contributed by atoms with van der Waals surface area (Å²) in [6, 6.07) is 8.26. The van der Waals surface area contributed by atoms with Crippen LogP contribution in [0.25, 0.3) is 0 Å². The molecule has 1 aromatic carbocycles. The highest BCUT2D eigenvalue weighted by atomic mass is 16.2. The molecule has 3 rings (SSSR count). The molecular weight excluding hydrogens is 364 g/mol. The van der Waals surface area contributed by atoms with Gasteiger partial charge in [-0.25, -0.2) is 4.79 Å². The minimum Gasteiger partial charge on any atom is -0.366 e. The summed E-state index contributed by atoms with van der Waals surface area (Å²) >= 11 is 0. The van der Waals surface area contributed by atoms with E-state index < -0.39 is 0 Å². The fourth-order valence-corrected chi connectivity index (χ4v) is 4.78. The van der Waals surface area contributed by atoms with Crippen LogP contribution in [0.3, 0.4) is 0 Å². The smallest absolute Gasteiger partial charge is 0.317 e. The molecule has 2 heterocycles. The molecule has 6 heteroatoms. The van der Waals surface area contributed by atoms with Crippen molar-refractivity contribution in [2.75, 3.05) is 19.6 Å². The first kappa shape index (κ1) is 21.6. The number of hydrogen-bond acceptors (Lipinski definition) is 3. The van der Waals surface area contributed by atoms with Crippen molar-refractivity contribution in [2.45, 2.75) is 71.0 Å². The summed E-state index contributed by atoms with van der Waals surface area (Å²) in [5.74, 6) is 0.193. The minimum atomic E-state index is -0.376. The highest BCUT2D eigenvalue weighted by Gasteiger charge is 2.34. The average molecular weight is 401 g/mol. The maximum absolute atomic E-state index is 12.8. The Labute approximate surface area is 174 Å². The van der Waals surface area contributed by atoms with Crippen LogP contribution in [-0.2, 0) is 6.54 Å². The number of piperidine rings is 1. The van der Waals surface area contributed by atoms with Crippen molar-refractivity contribution in [3.8, 4) is 0 Å². The molecular formula is C23H36N4O2. The van der Waals surface area contributed by atoms with Gasteiger partial charge in [0.1, 0.15) is 0 Å². The summed E-state index contributed by atoms with van der Waals surface area (Å²) in [6.45, 7) is 7.83. The van der Waals surface area contributed by atoms with Crippen molar-refractivity contribution >= 4 is 11.9 Å². The second-order valence-corrected chi connectivity index (χ2v) is 8.89. The fourth-order valence-electron chi connectivity index (χ4n) is 4.78. The van der Waals surface area contributed by atoms with E-state index in [4.69, 9.17) is 5.73 Å². The molecule has 3 amide bonds. The van der Waals surface area contributed by atoms with Crippen molar-refractivity contribution in [3.05, 3.63) is 35.4 Å². The lowest BCUT2D eigenvalue weighted by atomic mass is 9.86. The Morgan fingerprint density at radius 1 is 1.10 bits per heavy atom. The molecule has 0 aromatic heterocycles. The number of amides is 3. The molecule has 2 aliphatic rings. The van der Waals surface area contributed by atoms with Crippen molar-refractivity contribution in [3.63, 3.8) is 0 Å². The van der Waals surface area contributed by atoms with E-state index in [9.17, 15) is 9.59 Å². The van der Waals surface area contributed by atoms with E-state index in [2.05, 4.69) is 21.2 Å². The van der Waals surface area contributed by atoms with Crippen molar-refractivity contribution in [1.29, 1.82) is 0 Å². The largest absolute Gasteiger partial charge is 0.366 e. The summed E-state index contributed by atoms with van der Waals surface area (Å²) in [6.07, 6.45) is 6.90. The molecule has 2 aliphatic heterocycles. The Morgan fingerprint density at radius 3 is 2.55 bits per heavy atom. The van der Waals surface area contributed by atoms with Gasteiger partial charge in [-0.2, -0.15) is 0 Å². The summed E-state index contributed by atoms with van der Waals surface area (Å²) in [4.78, 5) is 28.8. The first-order chi connectivity index (χ1) is 13.9. The van der Waals surface area contributed by atoms with Gasteiger partial charge in [0.2, 0.25) is 5.91 Å². The van der Waals surface area contributed by atoms with Gasteiger partial charge in [0.25, 0.3) is 0 Å². The number of nitrogens with two attached hydrogens (primary N) is 1. The molecule has 1 unspecified atom stereocenters. The van der Waals surface area contributed by atoms with Crippen molar-refractivity contribution in [1.82, 2.24) is 15.1 Å². The predicted molar refractivity (Wildman–Crippen MR) is 116 cm³/mol. The van der Waals surface area contributed by atoms with Crippen molar-refractivity contribution < 1.29 is 9.59 Å². The van der Waals surface area contributed by atoms with E-state index >= 15 is 0 Å². The molecule has 1 aromatic rings. The minimum absolute atomic E-state index is 0.109. The monoisotopic (exact) mass is 400 g/mol. The van der Waals surface area contributed by atoms with Crippen LogP contribution in [-0.4, -0.2) is 53.5 Å². The number of nitrogens with one attached hydrogen (secondary N) is 1. The zero-order valence-electron chi connectivity index (χ0n) is 17.9. The quantitative estimate of drug-likeness (QED) is 0.795. The third kappa shape index (κ3) is 5.95. The summed E-state index contributed by atoms with van der Waals surface area (Å²) < 4.78 is 0. The molecule has 160 valence electrons. The Balaban J connectivity index is 1.58. The number of urea groups is 1. The van der Waals surface area contributed by atoms with E-state index in [1.807, 2.05) is 26.0 Å². The lowest BCUT2D eigenvalue weighted by molar-refractivity contribution is 0.0970. The zero-order chi connectivity index (χ0) is 20.8. The van der Waals surface area contributed by atoms with Gasteiger partial charge >= 0.3 is 6.03 Å². The molecule has 29 heavy (non-hydrogen) atoms. The van der Waals surface area contributed by atoms with Crippen LogP contribution in [0.1, 0.15) is 68.3 Å². The second kappa shape index (κ2) is 10.1. The van der Waals surface area contributed by atoms with Crippen LogP contribution in [0.2, 0.25) is 0 Å². The number of hydrogen-bond donors (Lipinski definition) is 2. The average Bonchev–Trinajstić information content (AvgIpc) is 2.94.